The first-order valence-electron chi connectivity index (χ1n) is 6.33. The molecule has 6 heteroatoms. The minimum absolute atomic E-state index is 0.0499. The van der Waals surface area contributed by atoms with Crippen LogP contribution in [0.1, 0.15) is 36.2 Å². The zero-order valence-electron chi connectivity index (χ0n) is 11.8. The summed E-state index contributed by atoms with van der Waals surface area (Å²) >= 11 is 0. The minimum atomic E-state index is -1.38. The number of nitrogens with one attached hydrogen (secondary N) is 1. The van der Waals surface area contributed by atoms with Gasteiger partial charge in [0.05, 0.1) is 16.4 Å². The van der Waals surface area contributed by atoms with Crippen LogP contribution < -0.4 is 5.32 Å². The Morgan fingerprint density at radius 2 is 2.00 bits per heavy atom. The Morgan fingerprint density at radius 3 is 2.55 bits per heavy atom. The number of rotatable bonds is 6. The van der Waals surface area contributed by atoms with Crippen molar-refractivity contribution in [2.75, 3.05) is 5.75 Å². The maximum atomic E-state index is 12.1. The lowest BCUT2D eigenvalue weighted by atomic mass is 10.1. The molecule has 1 amide bonds. The molecule has 0 saturated heterocycles. The summed E-state index contributed by atoms with van der Waals surface area (Å²) in [5, 5.41) is 11.7. The summed E-state index contributed by atoms with van der Waals surface area (Å²) in [7, 11) is -1.38. The van der Waals surface area contributed by atoms with Gasteiger partial charge in [-0.1, -0.05) is 6.07 Å². The van der Waals surface area contributed by atoms with Crippen molar-refractivity contribution in [1.29, 1.82) is 0 Å². The number of carboxylic acids is 1. The molecule has 0 aromatic heterocycles. The van der Waals surface area contributed by atoms with E-state index in [2.05, 4.69) is 5.32 Å². The van der Waals surface area contributed by atoms with Crippen LogP contribution in [0.15, 0.2) is 23.1 Å². The van der Waals surface area contributed by atoms with E-state index < -0.39 is 16.8 Å². The zero-order valence-corrected chi connectivity index (χ0v) is 12.6. The average Bonchev–Trinajstić information content (AvgIpc) is 2.35. The fourth-order valence-electron chi connectivity index (χ4n) is 1.67. The highest BCUT2D eigenvalue weighted by Crippen LogP contribution is 2.15. The highest BCUT2D eigenvalue weighted by molar-refractivity contribution is 7.85. The van der Waals surface area contributed by atoms with Crippen LogP contribution in [0.2, 0.25) is 0 Å². The average molecular weight is 297 g/mol. The number of benzene rings is 1. The van der Waals surface area contributed by atoms with Crippen LogP contribution >= 0.6 is 0 Å². The van der Waals surface area contributed by atoms with Gasteiger partial charge in [-0.25, -0.2) is 4.79 Å². The molecule has 0 fully saturated rings. The van der Waals surface area contributed by atoms with Gasteiger partial charge in [0, 0.05) is 23.1 Å². The molecule has 5 nitrogen and oxygen atoms in total. The molecule has 0 bridgehead atoms. The van der Waals surface area contributed by atoms with Crippen LogP contribution in [-0.2, 0) is 15.6 Å². The van der Waals surface area contributed by atoms with Crippen molar-refractivity contribution in [3.05, 3.63) is 29.3 Å². The van der Waals surface area contributed by atoms with Gasteiger partial charge in [-0.15, -0.1) is 0 Å². The Hall–Kier alpha value is -1.69. The maximum Gasteiger partial charge on any atom is 0.335 e. The third kappa shape index (κ3) is 4.77. The minimum Gasteiger partial charge on any atom is -0.478 e. The fourth-order valence-corrected chi connectivity index (χ4v) is 2.75. The topological polar surface area (TPSA) is 83.5 Å². The highest BCUT2D eigenvalue weighted by atomic mass is 32.2. The molecule has 1 atom stereocenters. The van der Waals surface area contributed by atoms with Gasteiger partial charge in [-0.2, -0.15) is 0 Å². The first-order valence-corrected chi connectivity index (χ1v) is 7.65. The molecule has 1 rings (SSSR count). The van der Waals surface area contributed by atoms with E-state index in [-0.39, 0.29) is 29.7 Å². The monoisotopic (exact) mass is 297 g/mol. The second-order valence-electron chi connectivity index (χ2n) is 4.80. The van der Waals surface area contributed by atoms with Gasteiger partial charge < -0.3 is 10.4 Å². The molecule has 0 heterocycles. The molecular weight excluding hydrogens is 278 g/mol. The third-order valence-corrected chi connectivity index (χ3v) is 4.02. The van der Waals surface area contributed by atoms with Crippen molar-refractivity contribution in [1.82, 2.24) is 5.32 Å². The summed E-state index contributed by atoms with van der Waals surface area (Å²) in [6.45, 7) is 5.40. The predicted molar refractivity (Wildman–Crippen MR) is 77.3 cm³/mol. The molecule has 0 saturated carbocycles. The summed E-state index contributed by atoms with van der Waals surface area (Å²) < 4.78 is 12.1. The van der Waals surface area contributed by atoms with E-state index in [1.165, 1.54) is 6.07 Å². The molecule has 110 valence electrons. The van der Waals surface area contributed by atoms with Gasteiger partial charge in [-0.05, 0) is 38.5 Å². The normalized spacial score (nSPS) is 12.2. The number of carbonyl (C=O) groups excluding carboxylic acids is 1. The van der Waals surface area contributed by atoms with Crippen LogP contribution in [0.5, 0.6) is 0 Å². The fraction of sp³-hybridized carbons (Fsp3) is 0.429. The summed E-state index contributed by atoms with van der Waals surface area (Å²) in [5.74, 6) is -1.02. The largest absolute Gasteiger partial charge is 0.478 e. The van der Waals surface area contributed by atoms with Crippen molar-refractivity contribution in [2.24, 2.45) is 0 Å². The Kier molecular flexibility index (Phi) is 5.88. The lowest BCUT2D eigenvalue weighted by Crippen LogP contribution is -2.30. The van der Waals surface area contributed by atoms with Gasteiger partial charge in [0.2, 0.25) is 5.91 Å². The predicted octanol–water partition coefficient (Wildman–Crippen LogP) is 1.72. The summed E-state index contributed by atoms with van der Waals surface area (Å²) in [5.41, 5.74) is 0.762. The Bertz CT molecular complexity index is 540. The molecule has 1 aromatic rings. The molecule has 1 unspecified atom stereocenters. The summed E-state index contributed by atoms with van der Waals surface area (Å²) in [6.07, 6.45) is 0.154. The first kappa shape index (κ1) is 16.4. The lowest BCUT2D eigenvalue weighted by Gasteiger charge is -2.08. The number of carboxylic acid groups (broad SMARTS) is 1. The first-order chi connectivity index (χ1) is 9.31. The summed E-state index contributed by atoms with van der Waals surface area (Å²) in [6, 6.07) is 4.73. The number of hydrogen-bond acceptors (Lipinski definition) is 3. The number of amides is 1. The lowest BCUT2D eigenvalue weighted by molar-refractivity contribution is -0.121. The molecule has 0 radical (unpaired) electrons. The van der Waals surface area contributed by atoms with E-state index in [4.69, 9.17) is 5.11 Å². The van der Waals surface area contributed by atoms with E-state index >= 15 is 0 Å². The van der Waals surface area contributed by atoms with Crippen LogP contribution in [-0.4, -0.2) is 33.0 Å². The van der Waals surface area contributed by atoms with E-state index in [1.54, 1.807) is 19.1 Å². The number of carbonyl (C=O) groups is 2. The van der Waals surface area contributed by atoms with E-state index in [9.17, 15) is 13.8 Å². The van der Waals surface area contributed by atoms with Gasteiger partial charge in [0.15, 0.2) is 0 Å². The number of hydrogen-bond donors (Lipinski definition) is 2. The van der Waals surface area contributed by atoms with Crippen molar-refractivity contribution < 1.29 is 18.9 Å². The molecule has 0 aliphatic carbocycles. The van der Waals surface area contributed by atoms with E-state index in [1.807, 2.05) is 13.8 Å². The van der Waals surface area contributed by atoms with Gasteiger partial charge in [0.1, 0.15) is 0 Å². The Morgan fingerprint density at radius 1 is 1.35 bits per heavy atom. The van der Waals surface area contributed by atoms with Crippen molar-refractivity contribution in [3.63, 3.8) is 0 Å². The SMILES string of the molecule is Cc1ccc(S(=O)CCC(=O)NC(C)C)cc1C(=O)O. The number of aryl methyl sites for hydroxylation is 1. The van der Waals surface area contributed by atoms with Crippen LogP contribution in [0.4, 0.5) is 0 Å². The Labute approximate surface area is 120 Å². The summed E-state index contributed by atoms with van der Waals surface area (Å²) in [4.78, 5) is 22.9. The third-order valence-electron chi connectivity index (χ3n) is 2.67. The van der Waals surface area contributed by atoms with Crippen molar-refractivity contribution in [2.45, 2.75) is 38.1 Å². The van der Waals surface area contributed by atoms with Crippen molar-refractivity contribution >= 4 is 22.7 Å². The second-order valence-corrected chi connectivity index (χ2v) is 6.37. The zero-order chi connectivity index (χ0) is 15.3. The molecule has 2 N–H and O–H groups in total. The Balaban J connectivity index is 2.71. The number of aromatic carboxylic acids is 1. The van der Waals surface area contributed by atoms with E-state index in [0.717, 1.165) is 0 Å². The van der Waals surface area contributed by atoms with Gasteiger partial charge in [-0.3, -0.25) is 9.00 Å². The molecule has 1 aromatic carbocycles. The molecular formula is C14H19NO4S. The van der Waals surface area contributed by atoms with Crippen LogP contribution in [0.3, 0.4) is 0 Å². The molecule has 0 spiro atoms. The second kappa shape index (κ2) is 7.19. The van der Waals surface area contributed by atoms with E-state index in [0.29, 0.717) is 10.5 Å². The van der Waals surface area contributed by atoms with Crippen molar-refractivity contribution in [3.8, 4) is 0 Å². The van der Waals surface area contributed by atoms with Gasteiger partial charge in [0.25, 0.3) is 0 Å². The van der Waals surface area contributed by atoms with Gasteiger partial charge >= 0.3 is 5.97 Å². The van der Waals surface area contributed by atoms with Crippen LogP contribution in [0, 0.1) is 6.92 Å². The standard InChI is InChI=1S/C14H19NO4S/c1-9(2)15-13(16)6-7-20(19)11-5-4-10(3)12(8-11)14(17)18/h4-5,8-9H,6-7H2,1-3H3,(H,15,16)(H,17,18). The molecule has 0 aliphatic heterocycles. The quantitative estimate of drug-likeness (QED) is 0.837. The molecule has 0 aliphatic rings. The smallest absolute Gasteiger partial charge is 0.335 e. The molecule has 20 heavy (non-hydrogen) atoms. The maximum absolute atomic E-state index is 12.1. The van der Waals surface area contributed by atoms with Crippen LogP contribution in [0.25, 0.3) is 0 Å². The highest BCUT2D eigenvalue weighted by Gasteiger charge is 2.13.